The van der Waals surface area contributed by atoms with E-state index in [0.717, 1.165) is 0 Å². The first-order valence-electron chi connectivity index (χ1n) is 5.00. The Morgan fingerprint density at radius 1 is 1.38 bits per heavy atom. The molecule has 2 rings (SSSR count). The van der Waals surface area contributed by atoms with Gasteiger partial charge in [-0.25, -0.2) is 9.37 Å². The smallest absolute Gasteiger partial charge is 0.138 e. The van der Waals surface area contributed by atoms with Gasteiger partial charge in [0, 0.05) is 5.56 Å². The lowest BCUT2D eigenvalue weighted by molar-refractivity contribution is 0.0697. The summed E-state index contributed by atoms with van der Waals surface area (Å²) < 4.78 is 13.0. The van der Waals surface area contributed by atoms with Crippen molar-refractivity contribution >= 4 is 0 Å². The number of halogens is 1. The molecule has 0 fully saturated rings. The summed E-state index contributed by atoms with van der Waals surface area (Å²) in [5, 5.41) is 9.74. The van der Waals surface area contributed by atoms with Gasteiger partial charge in [-0.2, -0.15) is 0 Å². The van der Waals surface area contributed by atoms with Crippen LogP contribution in [0.15, 0.2) is 30.5 Å². The Balaban J connectivity index is 2.39. The Labute approximate surface area is 93.0 Å². The topological polar surface area (TPSA) is 48.9 Å². The average Bonchev–Trinajstić information content (AvgIpc) is 2.65. The highest BCUT2D eigenvalue weighted by atomic mass is 19.1. The highest BCUT2D eigenvalue weighted by Crippen LogP contribution is 2.22. The second-order valence-electron chi connectivity index (χ2n) is 4.21. The van der Waals surface area contributed by atoms with Crippen LogP contribution in [0.3, 0.4) is 0 Å². The fourth-order valence-corrected chi connectivity index (χ4v) is 1.43. The molecule has 3 nitrogen and oxygen atoms in total. The van der Waals surface area contributed by atoms with Gasteiger partial charge in [0.15, 0.2) is 0 Å². The van der Waals surface area contributed by atoms with E-state index >= 15 is 0 Å². The molecule has 0 aliphatic carbocycles. The van der Waals surface area contributed by atoms with Gasteiger partial charge >= 0.3 is 0 Å². The molecule has 0 amide bonds. The Kier molecular flexibility index (Phi) is 2.52. The molecule has 0 saturated carbocycles. The van der Waals surface area contributed by atoms with Crippen molar-refractivity contribution in [2.45, 2.75) is 19.4 Å². The first kappa shape index (κ1) is 10.8. The summed E-state index contributed by atoms with van der Waals surface area (Å²) in [5.74, 6) is 0.170. The second-order valence-corrected chi connectivity index (χ2v) is 4.21. The Hall–Kier alpha value is -1.68. The Morgan fingerprint density at radius 2 is 2.12 bits per heavy atom. The van der Waals surface area contributed by atoms with E-state index in [1.165, 1.54) is 12.1 Å². The molecular formula is C12H13FN2O. The Bertz CT molecular complexity index is 500. The zero-order chi connectivity index (χ0) is 11.8. The van der Waals surface area contributed by atoms with E-state index in [0.29, 0.717) is 17.1 Å². The molecular weight excluding hydrogens is 207 g/mol. The van der Waals surface area contributed by atoms with Crippen molar-refractivity contribution in [3.63, 3.8) is 0 Å². The summed E-state index contributed by atoms with van der Waals surface area (Å²) in [6.45, 7) is 3.28. The monoisotopic (exact) mass is 220 g/mol. The van der Waals surface area contributed by atoms with E-state index in [1.54, 1.807) is 32.2 Å². The van der Waals surface area contributed by atoms with Crippen LogP contribution in [0.4, 0.5) is 4.39 Å². The number of nitrogens with one attached hydrogen (secondary N) is 1. The lowest BCUT2D eigenvalue weighted by Crippen LogP contribution is -2.17. The molecule has 0 aliphatic rings. The van der Waals surface area contributed by atoms with E-state index < -0.39 is 5.60 Å². The minimum atomic E-state index is -1.02. The maximum Gasteiger partial charge on any atom is 0.138 e. The molecule has 84 valence electrons. The fraction of sp³-hybridized carbons (Fsp3) is 0.250. The van der Waals surface area contributed by atoms with E-state index in [2.05, 4.69) is 9.97 Å². The zero-order valence-corrected chi connectivity index (χ0v) is 9.16. The van der Waals surface area contributed by atoms with Crippen LogP contribution in [0, 0.1) is 5.82 Å². The summed E-state index contributed by atoms with van der Waals surface area (Å²) in [6.07, 6.45) is 1.59. The summed E-state index contributed by atoms with van der Waals surface area (Å²) in [6, 6.07) is 6.22. The molecule has 16 heavy (non-hydrogen) atoms. The van der Waals surface area contributed by atoms with Crippen LogP contribution in [-0.2, 0) is 5.60 Å². The van der Waals surface area contributed by atoms with E-state index in [-0.39, 0.29) is 5.82 Å². The van der Waals surface area contributed by atoms with Gasteiger partial charge in [-0.3, -0.25) is 0 Å². The fourth-order valence-electron chi connectivity index (χ4n) is 1.43. The van der Waals surface area contributed by atoms with Crippen LogP contribution in [-0.4, -0.2) is 15.1 Å². The largest absolute Gasteiger partial charge is 0.383 e. The number of aromatic nitrogens is 2. The molecule has 4 heteroatoms. The van der Waals surface area contributed by atoms with Gasteiger partial charge < -0.3 is 10.1 Å². The number of hydrogen-bond acceptors (Lipinski definition) is 2. The normalized spacial score (nSPS) is 11.8. The summed E-state index contributed by atoms with van der Waals surface area (Å²) in [4.78, 5) is 7.03. The molecule has 0 atom stereocenters. The van der Waals surface area contributed by atoms with Crippen molar-refractivity contribution in [1.29, 1.82) is 0 Å². The third-order valence-corrected chi connectivity index (χ3v) is 2.29. The van der Waals surface area contributed by atoms with Gasteiger partial charge in [-0.1, -0.05) is 12.1 Å². The highest BCUT2D eigenvalue weighted by Gasteiger charge is 2.19. The van der Waals surface area contributed by atoms with Crippen molar-refractivity contribution in [3.05, 3.63) is 42.1 Å². The molecule has 1 aromatic carbocycles. The van der Waals surface area contributed by atoms with Crippen LogP contribution in [0.25, 0.3) is 11.3 Å². The van der Waals surface area contributed by atoms with Gasteiger partial charge in [0.1, 0.15) is 17.2 Å². The minimum Gasteiger partial charge on any atom is -0.383 e. The quantitative estimate of drug-likeness (QED) is 0.816. The first-order valence-corrected chi connectivity index (χ1v) is 5.00. The van der Waals surface area contributed by atoms with E-state index in [9.17, 15) is 9.50 Å². The summed E-state index contributed by atoms with van der Waals surface area (Å²) in [5.41, 5.74) is 0.380. The number of aliphatic hydroxyl groups is 1. The molecule has 0 spiro atoms. The van der Waals surface area contributed by atoms with Crippen molar-refractivity contribution < 1.29 is 9.50 Å². The minimum absolute atomic E-state index is 0.295. The zero-order valence-electron chi connectivity index (χ0n) is 9.16. The van der Waals surface area contributed by atoms with E-state index in [4.69, 9.17) is 0 Å². The number of rotatable bonds is 2. The van der Waals surface area contributed by atoms with Crippen LogP contribution >= 0.6 is 0 Å². The van der Waals surface area contributed by atoms with E-state index in [1.807, 2.05) is 0 Å². The lowest BCUT2D eigenvalue weighted by Gasteiger charge is -2.12. The van der Waals surface area contributed by atoms with Gasteiger partial charge in [0.2, 0.25) is 0 Å². The Morgan fingerprint density at radius 3 is 2.69 bits per heavy atom. The van der Waals surface area contributed by atoms with Gasteiger partial charge in [-0.05, 0) is 26.0 Å². The molecule has 1 heterocycles. The maximum absolute atomic E-state index is 13.0. The predicted octanol–water partition coefficient (Wildman–Crippen LogP) is 2.44. The van der Waals surface area contributed by atoms with Crippen molar-refractivity contribution in [2.75, 3.05) is 0 Å². The molecule has 0 unspecified atom stereocenters. The number of imidazole rings is 1. The van der Waals surface area contributed by atoms with Gasteiger partial charge in [0.25, 0.3) is 0 Å². The number of benzene rings is 1. The van der Waals surface area contributed by atoms with Crippen LogP contribution < -0.4 is 0 Å². The molecule has 0 bridgehead atoms. The third-order valence-electron chi connectivity index (χ3n) is 2.29. The highest BCUT2D eigenvalue weighted by molar-refractivity contribution is 5.58. The molecule has 2 aromatic rings. The second kappa shape index (κ2) is 3.72. The van der Waals surface area contributed by atoms with Crippen LogP contribution in [0.1, 0.15) is 19.7 Å². The molecule has 0 saturated heterocycles. The van der Waals surface area contributed by atoms with Crippen LogP contribution in [0.2, 0.25) is 0 Å². The van der Waals surface area contributed by atoms with Gasteiger partial charge in [-0.15, -0.1) is 0 Å². The molecule has 0 radical (unpaired) electrons. The summed E-state index contributed by atoms with van der Waals surface area (Å²) >= 11 is 0. The predicted molar refractivity (Wildman–Crippen MR) is 59.2 cm³/mol. The van der Waals surface area contributed by atoms with Gasteiger partial charge in [0.05, 0.1) is 11.9 Å². The summed E-state index contributed by atoms with van der Waals surface area (Å²) in [7, 11) is 0. The number of aromatic amines is 1. The molecule has 0 aliphatic heterocycles. The SMILES string of the molecule is CC(C)(O)c1ncc(-c2cccc(F)c2)[nH]1. The maximum atomic E-state index is 13.0. The molecule has 2 N–H and O–H groups in total. The lowest BCUT2D eigenvalue weighted by atomic mass is 10.1. The molecule has 1 aromatic heterocycles. The van der Waals surface area contributed by atoms with Crippen LogP contribution in [0.5, 0.6) is 0 Å². The van der Waals surface area contributed by atoms with Crippen molar-refractivity contribution in [1.82, 2.24) is 9.97 Å². The number of H-pyrrole nitrogens is 1. The standard InChI is InChI=1S/C12H13FN2O/c1-12(2,16)11-14-7-10(15-11)8-4-3-5-9(13)6-8/h3-7,16H,1-2H3,(H,14,15). The number of hydrogen-bond donors (Lipinski definition) is 2. The third kappa shape index (κ3) is 2.12. The van der Waals surface area contributed by atoms with Crippen molar-refractivity contribution in [2.24, 2.45) is 0 Å². The average molecular weight is 220 g/mol. The first-order chi connectivity index (χ1) is 7.47. The number of nitrogens with zero attached hydrogens (tertiary/aromatic N) is 1. The van der Waals surface area contributed by atoms with Crippen molar-refractivity contribution in [3.8, 4) is 11.3 Å².